The fraction of sp³-hybridized carbons (Fsp3) is 0.158. The van der Waals surface area contributed by atoms with Crippen molar-refractivity contribution in [2.45, 2.75) is 16.6 Å². The van der Waals surface area contributed by atoms with E-state index in [1.807, 2.05) is 60.7 Å². The van der Waals surface area contributed by atoms with Crippen molar-refractivity contribution >= 4 is 35.1 Å². The van der Waals surface area contributed by atoms with E-state index in [2.05, 4.69) is 27.4 Å². The minimum absolute atomic E-state index is 0.0964. The molecule has 1 N–H and O–H groups in total. The summed E-state index contributed by atoms with van der Waals surface area (Å²) in [6.07, 6.45) is 1.84. The smallest absolute Gasteiger partial charge is 0.234 e. The summed E-state index contributed by atoms with van der Waals surface area (Å²) in [7, 11) is 0. The molecule has 138 valence electrons. The Morgan fingerprint density at radius 1 is 1.11 bits per heavy atom. The lowest BCUT2D eigenvalue weighted by molar-refractivity contribution is -0.113. The van der Waals surface area contributed by atoms with E-state index < -0.39 is 0 Å². The molecule has 0 bridgehead atoms. The second-order valence-corrected chi connectivity index (χ2v) is 7.54. The second-order valence-electron chi connectivity index (χ2n) is 5.54. The number of nitrogens with zero attached hydrogens (tertiary/aromatic N) is 4. The lowest BCUT2D eigenvalue weighted by Crippen LogP contribution is -2.15. The first kappa shape index (κ1) is 19.2. The van der Waals surface area contributed by atoms with Crippen molar-refractivity contribution in [3.05, 3.63) is 72.8 Å². The van der Waals surface area contributed by atoms with Gasteiger partial charge >= 0.3 is 0 Å². The highest BCUT2D eigenvalue weighted by Crippen LogP contribution is 2.27. The van der Waals surface area contributed by atoms with Crippen molar-refractivity contribution in [1.82, 2.24) is 20.2 Å². The number of hydrogen-bond donors (Lipinski definition) is 1. The molecular formula is C19H19N5OS2. The molecule has 0 fully saturated rings. The van der Waals surface area contributed by atoms with Gasteiger partial charge in [0.1, 0.15) is 0 Å². The van der Waals surface area contributed by atoms with E-state index in [-0.39, 0.29) is 11.7 Å². The van der Waals surface area contributed by atoms with Crippen LogP contribution in [-0.4, -0.2) is 37.6 Å². The van der Waals surface area contributed by atoms with Crippen LogP contribution in [0.25, 0.3) is 0 Å². The van der Waals surface area contributed by atoms with Crippen LogP contribution >= 0.6 is 23.5 Å². The average Bonchev–Trinajstić information content (AvgIpc) is 3.13. The minimum atomic E-state index is -0.0964. The lowest BCUT2D eigenvalue weighted by Gasteiger charge is -2.10. The van der Waals surface area contributed by atoms with Gasteiger partial charge in [0, 0.05) is 10.6 Å². The highest BCUT2D eigenvalue weighted by molar-refractivity contribution is 8.00. The Morgan fingerprint density at radius 3 is 2.70 bits per heavy atom. The van der Waals surface area contributed by atoms with Gasteiger partial charge in [0.25, 0.3) is 0 Å². The number of carbonyl (C=O) groups is 1. The van der Waals surface area contributed by atoms with E-state index in [9.17, 15) is 4.79 Å². The van der Waals surface area contributed by atoms with Gasteiger partial charge in [0.15, 0.2) is 0 Å². The zero-order valence-electron chi connectivity index (χ0n) is 14.6. The monoisotopic (exact) mass is 397 g/mol. The Morgan fingerprint density at radius 2 is 1.89 bits per heavy atom. The molecule has 8 heteroatoms. The van der Waals surface area contributed by atoms with Crippen LogP contribution in [0, 0.1) is 0 Å². The summed E-state index contributed by atoms with van der Waals surface area (Å²) in [4.78, 5) is 13.4. The summed E-state index contributed by atoms with van der Waals surface area (Å²) < 4.78 is 1.70. The fourth-order valence-corrected chi connectivity index (χ4v) is 3.74. The molecule has 6 nitrogen and oxygen atoms in total. The zero-order chi connectivity index (χ0) is 18.9. The zero-order valence-corrected chi connectivity index (χ0v) is 16.2. The van der Waals surface area contributed by atoms with Crippen LogP contribution in [0.2, 0.25) is 0 Å². The average molecular weight is 398 g/mol. The summed E-state index contributed by atoms with van der Waals surface area (Å²) in [5, 5.41) is 15.3. The van der Waals surface area contributed by atoms with E-state index in [1.54, 1.807) is 16.4 Å². The highest BCUT2D eigenvalue weighted by atomic mass is 32.2. The van der Waals surface area contributed by atoms with Crippen molar-refractivity contribution in [3.63, 3.8) is 0 Å². The number of hydrogen-bond acceptors (Lipinski definition) is 6. The topological polar surface area (TPSA) is 72.7 Å². The Bertz CT molecular complexity index is 898. The molecule has 0 saturated heterocycles. The molecule has 27 heavy (non-hydrogen) atoms. The van der Waals surface area contributed by atoms with E-state index in [4.69, 9.17) is 0 Å². The van der Waals surface area contributed by atoms with Crippen LogP contribution in [-0.2, 0) is 11.3 Å². The number of carbonyl (C=O) groups excluding carboxylic acids is 1. The maximum absolute atomic E-state index is 12.4. The van der Waals surface area contributed by atoms with Crippen LogP contribution < -0.4 is 5.32 Å². The number of aromatic nitrogens is 4. The van der Waals surface area contributed by atoms with Crippen LogP contribution in [0.3, 0.4) is 0 Å². The quantitative estimate of drug-likeness (QED) is 0.438. The Kier molecular flexibility index (Phi) is 7.06. The summed E-state index contributed by atoms with van der Waals surface area (Å²) in [6.45, 7) is 4.30. The molecule has 0 spiro atoms. The molecule has 0 atom stereocenters. The number of nitrogens with one attached hydrogen (secondary N) is 1. The largest absolute Gasteiger partial charge is 0.324 e. The Hall–Kier alpha value is -2.58. The number of benzene rings is 2. The first-order valence-electron chi connectivity index (χ1n) is 8.31. The first-order chi connectivity index (χ1) is 13.3. The van der Waals surface area contributed by atoms with Crippen molar-refractivity contribution in [3.8, 4) is 0 Å². The second kappa shape index (κ2) is 9.94. The van der Waals surface area contributed by atoms with Crippen molar-refractivity contribution in [2.75, 3.05) is 16.8 Å². The molecule has 1 aromatic heterocycles. The van der Waals surface area contributed by atoms with Gasteiger partial charge < -0.3 is 5.32 Å². The molecule has 0 aliphatic heterocycles. The van der Waals surface area contributed by atoms with Gasteiger partial charge in [-0.1, -0.05) is 60.3 Å². The van der Waals surface area contributed by atoms with Crippen LogP contribution in [0.15, 0.2) is 77.3 Å². The standard InChI is InChI=1S/C19H19N5OS2/c1-2-12-26-17-11-7-6-10-16(17)20-18(25)14-27-19-21-22-23-24(19)13-15-8-4-3-5-9-15/h2-11H,1,12-14H2,(H,20,25). The molecule has 3 rings (SSSR count). The molecule has 0 aliphatic carbocycles. The molecule has 0 unspecified atom stereocenters. The van der Waals surface area contributed by atoms with Gasteiger partial charge in [-0.25, -0.2) is 4.68 Å². The molecule has 0 saturated carbocycles. The van der Waals surface area contributed by atoms with Gasteiger partial charge in [0.2, 0.25) is 11.1 Å². The van der Waals surface area contributed by atoms with Crippen molar-refractivity contribution in [1.29, 1.82) is 0 Å². The molecule has 0 aliphatic rings. The number of anilines is 1. The molecule has 1 amide bonds. The van der Waals surface area contributed by atoms with Gasteiger partial charge in [-0.3, -0.25) is 4.79 Å². The van der Waals surface area contributed by atoms with Gasteiger partial charge in [-0.05, 0) is 28.1 Å². The van der Waals surface area contributed by atoms with E-state index >= 15 is 0 Å². The predicted octanol–water partition coefficient (Wildman–Crippen LogP) is 3.73. The predicted molar refractivity (Wildman–Crippen MR) is 110 cm³/mol. The Labute approximate surface area is 166 Å². The minimum Gasteiger partial charge on any atom is -0.324 e. The summed E-state index contributed by atoms with van der Waals surface area (Å²) in [5.41, 5.74) is 1.91. The number of thioether (sulfide) groups is 2. The van der Waals surface area contributed by atoms with Gasteiger partial charge in [-0.15, -0.1) is 23.4 Å². The van der Waals surface area contributed by atoms with Gasteiger partial charge in [-0.2, -0.15) is 0 Å². The number of para-hydroxylation sites is 1. The van der Waals surface area contributed by atoms with Crippen LogP contribution in [0.5, 0.6) is 0 Å². The molecular weight excluding hydrogens is 378 g/mol. The summed E-state index contributed by atoms with van der Waals surface area (Å²) in [5.74, 6) is 0.923. The summed E-state index contributed by atoms with van der Waals surface area (Å²) >= 11 is 2.95. The molecule has 0 radical (unpaired) electrons. The molecule has 1 heterocycles. The van der Waals surface area contributed by atoms with Crippen LogP contribution in [0.1, 0.15) is 5.56 Å². The van der Waals surface area contributed by atoms with E-state index in [1.165, 1.54) is 11.8 Å². The fourth-order valence-electron chi connectivity index (χ4n) is 2.32. The van der Waals surface area contributed by atoms with Crippen molar-refractivity contribution < 1.29 is 4.79 Å². The number of amides is 1. The maximum atomic E-state index is 12.4. The molecule has 2 aromatic carbocycles. The summed E-state index contributed by atoms with van der Waals surface area (Å²) in [6, 6.07) is 17.7. The third kappa shape index (κ3) is 5.70. The number of tetrazole rings is 1. The normalized spacial score (nSPS) is 10.5. The third-order valence-electron chi connectivity index (χ3n) is 3.52. The Balaban J connectivity index is 1.58. The van der Waals surface area contributed by atoms with E-state index in [0.29, 0.717) is 11.7 Å². The molecule has 3 aromatic rings. The van der Waals surface area contributed by atoms with Crippen molar-refractivity contribution in [2.24, 2.45) is 0 Å². The lowest BCUT2D eigenvalue weighted by atomic mass is 10.2. The van der Waals surface area contributed by atoms with Crippen LogP contribution in [0.4, 0.5) is 5.69 Å². The first-order valence-corrected chi connectivity index (χ1v) is 10.3. The highest BCUT2D eigenvalue weighted by Gasteiger charge is 2.12. The van der Waals surface area contributed by atoms with Gasteiger partial charge in [0.05, 0.1) is 18.0 Å². The van der Waals surface area contributed by atoms with E-state index in [0.717, 1.165) is 21.9 Å². The maximum Gasteiger partial charge on any atom is 0.234 e. The SMILES string of the molecule is C=CCSc1ccccc1NC(=O)CSc1nnnn1Cc1ccccc1. The number of rotatable bonds is 9. The third-order valence-corrected chi connectivity index (χ3v) is 5.55.